The molecule has 1 heterocycles. The first-order valence-electron chi connectivity index (χ1n) is 12.3. The number of nitrogens with one attached hydrogen (secondary N) is 1. The van der Waals surface area contributed by atoms with Gasteiger partial charge in [0, 0.05) is 6.61 Å². The Labute approximate surface area is 209 Å². The number of hydrazine groups is 1. The lowest BCUT2D eigenvalue weighted by Crippen LogP contribution is -2.35. The van der Waals surface area contributed by atoms with Crippen molar-refractivity contribution in [3.63, 3.8) is 0 Å². The van der Waals surface area contributed by atoms with Crippen molar-refractivity contribution >= 4 is 17.5 Å². The van der Waals surface area contributed by atoms with E-state index in [0.717, 1.165) is 32.3 Å². The van der Waals surface area contributed by atoms with Crippen LogP contribution in [-0.2, 0) is 23.8 Å². The fraction of sp³-hybridized carbons (Fsp3) is 0.680. The topological polar surface area (TPSA) is 138 Å². The predicted molar refractivity (Wildman–Crippen MR) is 134 cm³/mol. The van der Waals surface area contributed by atoms with Gasteiger partial charge in [-0.25, -0.2) is 5.01 Å². The molecule has 0 aliphatic carbocycles. The molecule has 1 aliphatic rings. The third-order valence-electron chi connectivity index (χ3n) is 4.64. The fourth-order valence-electron chi connectivity index (χ4n) is 2.81. The first-order valence-corrected chi connectivity index (χ1v) is 12.3. The highest BCUT2D eigenvalue weighted by molar-refractivity contribution is 6.14. The lowest BCUT2D eigenvalue weighted by atomic mass is 10.0. The zero-order valence-electron chi connectivity index (χ0n) is 21.2. The van der Waals surface area contributed by atoms with Gasteiger partial charge in [0.15, 0.2) is 0 Å². The number of aliphatic hydroxyl groups excluding tert-OH is 3. The van der Waals surface area contributed by atoms with E-state index in [1.807, 2.05) is 25.1 Å². The number of hydrogen-bond donors (Lipinski definition) is 4. The Morgan fingerprint density at radius 2 is 1.29 bits per heavy atom. The van der Waals surface area contributed by atoms with Crippen LogP contribution in [0.25, 0.3) is 0 Å². The van der Waals surface area contributed by atoms with Crippen LogP contribution in [-0.4, -0.2) is 86.6 Å². The van der Waals surface area contributed by atoms with Crippen molar-refractivity contribution in [3.8, 4) is 0 Å². The van der Waals surface area contributed by atoms with E-state index in [9.17, 15) is 9.59 Å². The second-order valence-electron chi connectivity index (χ2n) is 7.54. The number of nitrogens with zero attached hydrogens (tertiary/aromatic N) is 1. The number of aliphatic hydroxyl groups is 3. The lowest BCUT2D eigenvalue weighted by molar-refractivity contribution is -0.127. The number of carbonyl (C=O) groups excluding carboxylic acids is 2. The standard InChI is InChI=1S/C13H16N2O2.C8H18O3.C4H10O3/c1-2-3-9-11-12(16)14-15(13(11)17)10-7-5-4-6-8-10;1-2-3-5-10-7-8-11-6-4-9;5-1-3-7-4-2-6/h4-8,11H,2-3,9H2,1H3,(H,14,16);9H,2-8H2,1H3;5-6H,1-4H2. The summed E-state index contributed by atoms with van der Waals surface area (Å²) in [4.78, 5) is 23.8. The Morgan fingerprint density at radius 1 is 0.771 bits per heavy atom. The van der Waals surface area contributed by atoms with E-state index in [4.69, 9.17) is 24.8 Å². The van der Waals surface area contributed by atoms with Crippen LogP contribution in [0.1, 0.15) is 46.0 Å². The second-order valence-corrected chi connectivity index (χ2v) is 7.54. The average Bonchev–Trinajstić information content (AvgIpc) is 3.17. The van der Waals surface area contributed by atoms with Crippen molar-refractivity contribution in [2.24, 2.45) is 5.92 Å². The van der Waals surface area contributed by atoms with Gasteiger partial charge in [-0.15, -0.1) is 0 Å². The van der Waals surface area contributed by atoms with E-state index < -0.39 is 5.92 Å². The van der Waals surface area contributed by atoms with Gasteiger partial charge in [0.2, 0.25) is 0 Å². The molecule has 2 rings (SSSR count). The first kappa shape index (κ1) is 32.9. The molecule has 0 radical (unpaired) electrons. The number of amides is 2. The lowest BCUT2D eigenvalue weighted by Gasteiger charge is -2.14. The number of para-hydroxylation sites is 1. The highest BCUT2D eigenvalue weighted by Gasteiger charge is 2.39. The van der Waals surface area contributed by atoms with Gasteiger partial charge in [-0.2, -0.15) is 0 Å². The van der Waals surface area contributed by atoms with Gasteiger partial charge in [-0.3, -0.25) is 15.0 Å². The second kappa shape index (κ2) is 23.7. The van der Waals surface area contributed by atoms with E-state index in [0.29, 0.717) is 45.1 Å². The van der Waals surface area contributed by atoms with Gasteiger partial charge in [0.1, 0.15) is 5.92 Å². The van der Waals surface area contributed by atoms with Gasteiger partial charge in [0.05, 0.1) is 58.5 Å². The number of anilines is 1. The molecule has 35 heavy (non-hydrogen) atoms. The Balaban J connectivity index is 0.000000555. The Hall–Kier alpha value is -2.08. The van der Waals surface area contributed by atoms with Crippen LogP contribution in [0, 0.1) is 5.92 Å². The predicted octanol–water partition coefficient (Wildman–Crippen LogP) is 1.67. The first-order chi connectivity index (χ1) is 17.1. The minimum absolute atomic E-state index is 0.0278. The van der Waals surface area contributed by atoms with E-state index in [1.165, 1.54) is 5.01 Å². The van der Waals surface area contributed by atoms with Crippen LogP contribution < -0.4 is 10.4 Å². The summed E-state index contributed by atoms with van der Waals surface area (Å²) in [5.74, 6) is -0.850. The summed E-state index contributed by atoms with van der Waals surface area (Å²) < 4.78 is 14.8. The summed E-state index contributed by atoms with van der Waals surface area (Å²) in [6.07, 6.45) is 4.79. The molecule has 0 spiro atoms. The summed E-state index contributed by atoms with van der Waals surface area (Å²) in [5.41, 5.74) is 3.34. The third kappa shape index (κ3) is 16.3. The van der Waals surface area contributed by atoms with Crippen LogP contribution in [0.5, 0.6) is 0 Å². The van der Waals surface area contributed by atoms with E-state index in [1.54, 1.807) is 12.1 Å². The Morgan fingerprint density at radius 3 is 1.80 bits per heavy atom. The molecule has 0 saturated carbocycles. The largest absolute Gasteiger partial charge is 0.394 e. The van der Waals surface area contributed by atoms with Crippen molar-refractivity contribution in [1.82, 2.24) is 5.43 Å². The van der Waals surface area contributed by atoms with E-state index in [-0.39, 0.29) is 31.6 Å². The molecule has 10 heteroatoms. The van der Waals surface area contributed by atoms with E-state index >= 15 is 0 Å². The molecule has 0 aromatic heterocycles. The smallest absolute Gasteiger partial charge is 0.258 e. The van der Waals surface area contributed by atoms with Crippen molar-refractivity contribution in [3.05, 3.63) is 30.3 Å². The minimum atomic E-state index is -0.518. The average molecular weight is 501 g/mol. The van der Waals surface area contributed by atoms with Crippen molar-refractivity contribution in [2.45, 2.75) is 46.0 Å². The van der Waals surface area contributed by atoms with Crippen molar-refractivity contribution in [2.75, 3.05) is 64.5 Å². The Bertz CT molecular complexity index is 621. The Kier molecular flexibility index (Phi) is 22.2. The highest BCUT2D eigenvalue weighted by atomic mass is 16.5. The third-order valence-corrected chi connectivity index (χ3v) is 4.64. The summed E-state index contributed by atoms with van der Waals surface area (Å²) in [7, 11) is 0. The molecule has 1 unspecified atom stereocenters. The summed E-state index contributed by atoms with van der Waals surface area (Å²) in [6, 6.07) is 9.17. The number of benzene rings is 1. The number of hydrogen-bond acceptors (Lipinski definition) is 8. The molecule has 202 valence electrons. The van der Waals surface area contributed by atoms with Crippen LogP contribution >= 0.6 is 0 Å². The monoisotopic (exact) mass is 500 g/mol. The number of carbonyl (C=O) groups is 2. The summed E-state index contributed by atoms with van der Waals surface area (Å²) in [5, 5.41) is 25.9. The normalized spacial score (nSPS) is 14.7. The molecule has 2 amide bonds. The van der Waals surface area contributed by atoms with Gasteiger partial charge >= 0.3 is 0 Å². The molecule has 1 saturated heterocycles. The van der Waals surface area contributed by atoms with Crippen molar-refractivity contribution < 1.29 is 39.1 Å². The van der Waals surface area contributed by atoms with Gasteiger partial charge in [-0.1, -0.05) is 51.3 Å². The molecular weight excluding hydrogens is 456 g/mol. The quantitative estimate of drug-likeness (QED) is 0.199. The maximum atomic E-state index is 12.1. The maximum Gasteiger partial charge on any atom is 0.258 e. The van der Waals surface area contributed by atoms with E-state index in [2.05, 4.69) is 17.1 Å². The van der Waals surface area contributed by atoms with Crippen LogP contribution in [0.2, 0.25) is 0 Å². The molecule has 4 N–H and O–H groups in total. The SMILES string of the molecule is CCCCC1C(=O)NN(c2ccccc2)C1=O.CCCCOCCOCCO.OCCOCCO. The van der Waals surface area contributed by atoms with Gasteiger partial charge in [0.25, 0.3) is 11.8 Å². The number of rotatable bonds is 16. The molecule has 1 aromatic rings. The number of ether oxygens (including phenoxy) is 3. The van der Waals surface area contributed by atoms with Crippen LogP contribution in [0.4, 0.5) is 5.69 Å². The highest BCUT2D eigenvalue weighted by Crippen LogP contribution is 2.22. The summed E-state index contributed by atoms with van der Waals surface area (Å²) in [6.45, 7) is 7.42. The molecule has 1 atom stereocenters. The minimum Gasteiger partial charge on any atom is -0.394 e. The molecule has 10 nitrogen and oxygen atoms in total. The van der Waals surface area contributed by atoms with Crippen molar-refractivity contribution in [1.29, 1.82) is 0 Å². The van der Waals surface area contributed by atoms with Crippen LogP contribution in [0.3, 0.4) is 0 Å². The van der Waals surface area contributed by atoms with Gasteiger partial charge in [-0.05, 0) is 25.0 Å². The summed E-state index contributed by atoms with van der Waals surface area (Å²) >= 11 is 0. The molecular formula is C25H44N2O8. The number of unbranched alkanes of at least 4 members (excludes halogenated alkanes) is 2. The van der Waals surface area contributed by atoms with Gasteiger partial charge < -0.3 is 29.5 Å². The molecule has 1 aliphatic heterocycles. The zero-order chi connectivity index (χ0) is 26.2. The molecule has 0 bridgehead atoms. The zero-order valence-corrected chi connectivity index (χ0v) is 21.2. The van der Waals surface area contributed by atoms with Crippen LogP contribution in [0.15, 0.2) is 30.3 Å². The maximum absolute atomic E-state index is 12.1. The molecule has 1 aromatic carbocycles. The molecule has 1 fully saturated rings. The fourth-order valence-corrected chi connectivity index (χ4v) is 2.81.